The molecule has 0 saturated heterocycles. The van der Waals surface area contributed by atoms with Crippen LogP contribution in [0.25, 0.3) is 0 Å². The molecule has 1 amide bonds. The lowest BCUT2D eigenvalue weighted by Gasteiger charge is -2.24. The third-order valence-corrected chi connectivity index (χ3v) is 11.4. The lowest BCUT2D eigenvalue weighted by Crippen LogP contribution is -2.46. The van der Waals surface area contributed by atoms with Crippen molar-refractivity contribution in [3.63, 3.8) is 0 Å². The van der Waals surface area contributed by atoms with Gasteiger partial charge < -0.3 is 20.3 Å². The fourth-order valence-electron chi connectivity index (χ4n) is 7.38. The van der Waals surface area contributed by atoms with E-state index in [1.807, 2.05) is 36.5 Å². The number of aliphatic hydroxyl groups excluding tert-OH is 2. The van der Waals surface area contributed by atoms with E-state index in [-0.39, 0.29) is 24.9 Å². The van der Waals surface area contributed by atoms with E-state index in [2.05, 4.69) is 99.0 Å². The van der Waals surface area contributed by atoms with Crippen LogP contribution in [0.15, 0.2) is 109 Å². The second-order valence-corrected chi connectivity index (χ2v) is 17.7. The number of carbonyl (C=O) groups is 2. The van der Waals surface area contributed by atoms with Crippen LogP contribution >= 0.6 is 0 Å². The van der Waals surface area contributed by atoms with Gasteiger partial charge in [-0.25, -0.2) is 0 Å². The van der Waals surface area contributed by atoms with Gasteiger partial charge in [-0.05, 0) is 89.9 Å². The molecule has 3 atom stereocenters. The summed E-state index contributed by atoms with van der Waals surface area (Å²) in [5.41, 5.74) is 0. The van der Waals surface area contributed by atoms with Crippen LogP contribution in [-0.2, 0) is 14.3 Å². The molecule has 3 N–H and O–H groups in total. The predicted octanol–water partition coefficient (Wildman–Crippen LogP) is 16.3. The van der Waals surface area contributed by atoms with E-state index in [9.17, 15) is 19.8 Å². The lowest BCUT2D eigenvalue weighted by atomic mass is 10.0. The van der Waals surface area contributed by atoms with Crippen LogP contribution in [0.2, 0.25) is 0 Å². The van der Waals surface area contributed by atoms with E-state index in [1.165, 1.54) is 77.0 Å². The Bertz CT molecular complexity index is 1330. The van der Waals surface area contributed by atoms with Crippen molar-refractivity contribution in [2.24, 2.45) is 0 Å². The van der Waals surface area contributed by atoms with Crippen molar-refractivity contribution in [2.45, 2.75) is 244 Å². The number of carbonyl (C=O) groups excluding carboxylic acids is 2. The van der Waals surface area contributed by atoms with E-state index in [4.69, 9.17) is 4.74 Å². The quantitative estimate of drug-likeness (QED) is 0.0245. The van der Waals surface area contributed by atoms with Gasteiger partial charge in [-0.1, -0.05) is 233 Å². The zero-order valence-electron chi connectivity index (χ0n) is 42.1. The minimum Gasteiger partial charge on any atom is -0.462 e. The van der Waals surface area contributed by atoms with E-state index in [0.717, 1.165) is 103 Å². The molecule has 0 spiro atoms. The highest BCUT2D eigenvalue weighted by molar-refractivity contribution is 5.77. The van der Waals surface area contributed by atoms with Crippen LogP contribution in [0, 0.1) is 0 Å². The molecule has 0 aliphatic heterocycles. The number of rotatable bonds is 46. The van der Waals surface area contributed by atoms with Gasteiger partial charge in [0.05, 0.1) is 25.2 Å². The number of unbranched alkanes of at least 4 members (excludes halogenated alkanes) is 20. The Balaban J connectivity index is 4.76. The molecule has 0 radical (unpaired) electrons. The fraction of sp³-hybridized carbons (Fsp3) is 0.661. The molecule has 0 aliphatic rings. The molecular weight excluding hydrogens is 803 g/mol. The largest absolute Gasteiger partial charge is 0.462 e. The second kappa shape index (κ2) is 51.5. The summed E-state index contributed by atoms with van der Waals surface area (Å²) in [6, 6.07) is -0.730. The molecule has 3 unspecified atom stereocenters. The Morgan fingerprint density at radius 3 is 1.42 bits per heavy atom. The minimum atomic E-state index is -0.812. The van der Waals surface area contributed by atoms with E-state index in [0.29, 0.717) is 19.3 Å². The molecule has 0 bridgehead atoms. The average molecular weight is 902 g/mol. The van der Waals surface area contributed by atoms with Crippen molar-refractivity contribution >= 4 is 11.9 Å². The third kappa shape index (κ3) is 46.8. The Morgan fingerprint density at radius 1 is 0.462 bits per heavy atom. The number of hydrogen-bond donors (Lipinski definition) is 3. The number of esters is 1. The summed E-state index contributed by atoms with van der Waals surface area (Å²) in [5.74, 6) is -0.561. The van der Waals surface area contributed by atoms with Gasteiger partial charge in [-0.15, -0.1) is 0 Å². The number of hydrogen-bond acceptors (Lipinski definition) is 5. The van der Waals surface area contributed by atoms with E-state index < -0.39 is 18.2 Å². The van der Waals surface area contributed by atoms with Crippen LogP contribution in [0.5, 0.6) is 0 Å². The molecule has 6 heteroatoms. The van der Waals surface area contributed by atoms with Crippen molar-refractivity contribution in [2.75, 3.05) is 6.61 Å². The maximum Gasteiger partial charge on any atom is 0.306 e. The molecule has 6 nitrogen and oxygen atoms in total. The maximum absolute atomic E-state index is 13.2. The van der Waals surface area contributed by atoms with Crippen molar-refractivity contribution in [3.05, 3.63) is 109 Å². The summed E-state index contributed by atoms with van der Waals surface area (Å²) < 4.78 is 5.91. The smallest absolute Gasteiger partial charge is 0.306 e. The summed E-state index contributed by atoms with van der Waals surface area (Å²) in [7, 11) is 0. The SMILES string of the molecule is CCC/C=C/C=C/C=C/C=C/C=C/CCCCCC(CC(=O)NC(CO)C(O)CCCCCCCCCCCCC)OC(=O)CCCCC/C=C\C/C=C\C/C=C\C/C=C\CCCCC. The molecule has 0 saturated carbocycles. The average Bonchev–Trinajstić information content (AvgIpc) is 3.30. The normalized spacial score (nSPS) is 14.1. The number of nitrogens with one attached hydrogen (secondary N) is 1. The topological polar surface area (TPSA) is 95.9 Å². The van der Waals surface area contributed by atoms with Gasteiger partial charge in [0.1, 0.15) is 6.10 Å². The summed E-state index contributed by atoms with van der Waals surface area (Å²) in [5, 5.41) is 23.7. The van der Waals surface area contributed by atoms with Crippen LogP contribution in [0.4, 0.5) is 0 Å². The first-order valence-electron chi connectivity index (χ1n) is 26.7. The number of amides is 1. The van der Waals surface area contributed by atoms with Crippen LogP contribution in [-0.4, -0.2) is 46.9 Å². The monoisotopic (exact) mass is 902 g/mol. The molecular formula is C59H99NO5. The van der Waals surface area contributed by atoms with Crippen molar-refractivity contribution in [1.29, 1.82) is 0 Å². The third-order valence-electron chi connectivity index (χ3n) is 11.4. The molecule has 0 aromatic heterocycles. The molecule has 370 valence electrons. The standard InChI is InChI=1S/C59H99NO5/c1-4-7-10-13-16-19-22-24-26-28-29-30-32-34-37-40-43-46-49-52-59(64)65-55(50-47-44-41-38-36-33-31-27-25-23-20-17-14-11-8-5-2)53-58(63)60-56(54-61)57(62)51-48-45-42-39-35-21-18-15-12-9-6-3/h11,14,16-17,19-20,23-27,29-31,33-34,36-37,55-57,61-62H,4-10,12-13,15,18,21-22,28,32,35,38-54H2,1-3H3,(H,60,63)/b14-11+,19-16-,20-17+,25-23+,26-24-,30-29-,31-27+,36-33+,37-34-. The van der Waals surface area contributed by atoms with Gasteiger partial charge in [-0.3, -0.25) is 9.59 Å². The van der Waals surface area contributed by atoms with Crippen molar-refractivity contribution < 1.29 is 24.5 Å². The highest BCUT2D eigenvalue weighted by Crippen LogP contribution is 2.17. The Morgan fingerprint density at radius 2 is 0.877 bits per heavy atom. The number of allylic oxidation sites excluding steroid dienone is 18. The van der Waals surface area contributed by atoms with Gasteiger partial charge in [-0.2, -0.15) is 0 Å². The lowest BCUT2D eigenvalue weighted by molar-refractivity contribution is -0.151. The highest BCUT2D eigenvalue weighted by Gasteiger charge is 2.24. The highest BCUT2D eigenvalue weighted by atomic mass is 16.5. The zero-order chi connectivity index (χ0) is 47.4. The van der Waals surface area contributed by atoms with Crippen LogP contribution < -0.4 is 5.32 Å². The van der Waals surface area contributed by atoms with Gasteiger partial charge >= 0.3 is 5.97 Å². The first-order chi connectivity index (χ1) is 32.0. The van der Waals surface area contributed by atoms with Gasteiger partial charge in [0, 0.05) is 6.42 Å². The van der Waals surface area contributed by atoms with Crippen LogP contribution in [0.1, 0.15) is 226 Å². The molecule has 0 aromatic rings. The van der Waals surface area contributed by atoms with Crippen molar-refractivity contribution in [3.8, 4) is 0 Å². The molecule has 0 fully saturated rings. The van der Waals surface area contributed by atoms with E-state index >= 15 is 0 Å². The fourth-order valence-corrected chi connectivity index (χ4v) is 7.38. The molecule has 0 aromatic carbocycles. The molecule has 0 aliphatic carbocycles. The first kappa shape index (κ1) is 61.5. The zero-order valence-corrected chi connectivity index (χ0v) is 42.1. The van der Waals surface area contributed by atoms with Gasteiger partial charge in [0.25, 0.3) is 0 Å². The molecule has 0 heterocycles. The predicted molar refractivity (Wildman–Crippen MR) is 282 cm³/mol. The Labute approximate surface area is 400 Å². The maximum atomic E-state index is 13.2. The number of aliphatic hydroxyl groups is 2. The summed E-state index contributed by atoms with van der Waals surface area (Å²) in [6.07, 6.45) is 70.0. The Kier molecular flexibility index (Phi) is 48.7. The van der Waals surface area contributed by atoms with Crippen LogP contribution in [0.3, 0.4) is 0 Å². The van der Waals surface area contributed by atoms with Gasteiger partial charge in [0.2, 0.25) is 5.91 Å². The molecule has 65 heavy (non-hydrogen) atoms. The number of ether oxygens (including phenoxy) is 1. The molecule has 0 rings (SSSR count). The minimum absolute atomic E-state index is 0.0297. The van der Waals surface area contributed by atoms with E-state index in [1.54, 1.807) is 0 Å². The summed E-state index contributed by atoms with van der Waals surface area (Å²) >= 11 is 0. The second-order valence-electron chi connectivity index (χ2n) is 17.7. The summed E-state index contributed by atoms with van der Waals surface area (Å²) in [4.78, 5) is 26.2. The van der Waals surface area contributed by atoms with Crippen molar-refractivity contribution in [1.82, 2.24) is 5.32 Å². The Hall–Kier alpha value is -3.48. The van der Waals surface area contributed by atoms with Gasteiger partial charge in [0.15, 0.2) is 0 Å². The summed E-state index contributed by atoms with van der Waals surface area (Å²) in [6.45, 7) is 6.33. The first-order valence-corrected chi connectivity index (χ1v) is 26.7.